The highest BCUT2D eigenvalue weighted by atomic mass is 16.1. The number of aromatic nitrogens is 1. The Bertz CT molecular complexity index is 1100. The van der Waals surface area contributed by atoms with Gasteiger partial charge in [0.25, 0.3) is 0 Å². The Hall–Kier alpha value is -2.94. The highest BCUT2D eigenvalue weighted by Crippen LogP contribution is 2.50. The predicted molar refractivity (Wildman–Crippen MR) is 109 cm³/mol. The minimum atomic E-state index is -0.0214. The van der Waals surface area contributed by atoms with E-state index in [9.17, 15) is 4.79 Å². The van der Waals surface area contributed by atoms with Crippen LogP contribution in [0, 0.1) is 5.41 Å². The van der Waals surface area contributed by atoms with Crippen LogP contribution in [0.3, 0.4) is 0 Å². The number of Topliss-reactive ketones (excluding diaryl/α,β-unsaturated/α-hetero) is 1. The third-order valence-corrected chi connectivity index (χ3v) is 5.73. The van der Waals surface area contributed by atoms with E-state index >= 15 is 0 Å². The van der Waals surface area contributed by atoms with Crippen LogP contribution in [0.1, 0.15) is 43.9 Å². The van der Waals surface area contributed by atoms with E-state index in [0.717, 1.165) is 28.8 Å². The number of rotatable bonds is 1. The molecule has 1 atom stereocenters. The summed E-state index contributed by atoms with van der Waals surface area (Å²) in [4.78, 5) is 17.5. The van der Waals surface area contributed by atoms with Gasteiger partial charge in [-0.3, -0.25) is 9.78 Å². The number of fused-ring (bicyclic) bond motifs is 3. The second-order valence-electron chi connectivity index (χ2n) is 8.45. The van der Waals surface area contributed by atoms with E-state index in [1.54, 1.807) is 6.20 Å². The molecule has 2 aliphatic rings. The summed E-state index contributed by atoms with van der Waals surface area (Å²) >= 11 is 0. The Kier molecular flexibility index (Phi) is 3.48. The highest BCUT2D eigenvalue weighted by Gasteiger charge is 2.40. The van der Waals surface area contributed by atoms with Crippen molar-refractivity contribution in [3.8, 4) is 0 Å². The van der Waals surface area contributed by atoms with E-state index < -0.39 is 0 Å². The lowest BCUT2D eigenvalue weighted by Gasteiger charge is -2.40. The molecule has 1 aliphatic carbocycles. The quantitative estimate of drug-likeness (QED) is 0.623. The van der Waals surface area contributed by atoms with Gasteiger partial charge in [0, 0.05) is 35.6 Å². The van der Waals surface area contributed by atoms with Gasteiger partial charge in [-0.2, -0.15) is 0 Å². The van der Waals surface area contributed by atoms with Gasteiger partial charge in [-0.25, -0.2) is 0 Å². The molecule has 0 saturated heterocycles. The van der Waals surface area contributed by atoms with Crippen molar-refractivity contribution in [1.82, 2.24) is 4.98 Å². The van der Waals surface area contributed by atoms with Crippen molar-refractivity contribution >= 4 is 27.8 Å². The van der Waals surface area contributed by atoms with Gasteiger partial charge in [0.1, 0.15) is 0 Å². The summed E-state index contributed by atoms with van der Waals surface area (Å²) in [5.74, 6) is 0.258. The average Bonchev–Trinajstić information content (AvgIpc) is 2.65. The lowest BCUT2D eigenvalue weighted by Crippen LogP contribution is -2.32. The molecular weight excluding hydrogens is 332 g/mol. The van der Waals surface area contributed by atoms with E-state index in [0.29, 0.717) is 6.42 Å². The Labute approximate surface area is 159 Å². The first-order valence-electron chi connectivity index (χ1n) is 9.48. The number of pyridine rings is 1. The monoisotopic (exact) mass is 354 g/mol. The SMILES string of the molecule is CC1(C)CC(=O)C2=C(C1)[C@@H](c1cccnc1)Nc1cc3ccccc3cc12. The molecule has 0 saturated carbocycles. The molecule has 27 heavy (non-hydrogen) atoms. The molecule has 3 nitrogen and oxygen atoms in total. The number of carbonyl (C=O) groups is 1. The zero-order valence-corrected chi connectivity index (χ0v) is 15.6. The Morgan fingerprint density at radius 2 is 1.81 bits per heavy atom. The van der Waals surface area contributed by atoms with E-state index in [4.69, 9.17) is 0 Å². The number of hydrogen-bond donors (Lipinski definition) is 1. The number of allylic oxidation sites excluding steroid dienone is 1. The van der Waals surface area contributed by atoms with Crippen molar-refractivity contribution < 1.29 is 4.79 Å². The number of nitrogens with zero attached hydrogens (tertiary/aromatic N) is 1. The fourth-order valence-corrected chi connectivity index (χ4v) is 4.58. The molecule has 2 aromatic carbocycles. The van der Waals surface area contributed by atoms with Gasteiger partial charge in [-0.15, -0.1) is 0 Å². The Morgan fingerprint density at radius 1 is 1.04 bits per heavy atom. The van der Waals surface area contributed by atoms with Crippen molar-refractivity contribution in [3.63, 3.8) is 0 Å². The topological polar surface area (TPSA) is 42.0 Å². The highest BCUT2D eigenvalue weighted by molar-refractivity contribution is 6.25. The minimum absolute atomic E-state index is 0.00844. The summed E-state index contributed by atoms with van der Waals surface area (Å²) in [6.45, 7) is 4.37. The second kappa shape index (κ2) is 5.78. The molecule has 0 fully saturated rings. The molecule has 3 heteroatoms. The largest absolute Gasteiger partial charge is 0.374 e. The predicted octanol–water partition coefficient (Wildman–Crippen LogP) is 5.54. The van der Waals surface area contributed by atoms with E-state index in [1.807, 2.05) is 18.3 Å². The molecule has 5 rings (SSSR count). The number of anilines is 1. The van der Waals surface area contributed by atoms with Crippen LogP contribution in [0.25, 0.3) is 16.3 Å². The zero-order valence-electron chi connectivity index (χ0n) is 15.6. The van der Waals surface area contributed by atoms with E-state index in [-0.39, 0.29) is 17.2 Å². The van der Waals surface area contributed by atoms with Crippen LogP contribution >= 0.6 is 0 Å². The summed E-state index contributed by atoms with van der Waals surface area (Å²) in [6.07, 6.45) is 5.20. The maximum Gasteiger partial charge on any atom is 0.164 e. The average molecular weight is 354 g/mol. The van der Waals surface area contributed by atoms with Crippen LogP contribution in [0.5, 0.6) is 0 Å². The van der Waals surface area contributed by atoms with Gasteiger partial charge in [0.15, 0.2) is 5.78 Å². The first-order valence-corrected chi connectivity index (χ1v) is 9.48. The minimum Gasteiger partial charge on any atom is -0.374 e. The van der Waals surface area contributed by atoms with Crippen molar-refractivity contribution in [2.24, 2.45) is 5.41 Å². The van der Waals surface area contributed by atoms with E-state index in [2.05, 4.69) is 60.5 Å². The third-order valence-electron chi connectivity index (χ3n) is 5.73. The maximum atomic E-state index is 13.2. The van der Waals surface area contributed by atoms with Gasteiger partial charge in [-0.1, -0.05) is 44.2 Å². The molecule has 134 valence electrons. The summed E-state index contributed by atoms with van der Waals surface area (Å²) in [5.41, 5.74) is 5.29. The third kappa shape index (κ3) is 2.66. The van der Waals surface area contributed by atoms with Crippen LogP contribution in [0.4, 0.5) is 5.69 Å². The fourth-order valence-electron chi connectivity index (χ4n) is 4.58. The van der Waals surface area contributed by atoms with Crippen LogP contribution in [0.2, 0.25) is 0 Å². The summed E-state index contributed by atoms with van der Waals surface area (Å²) in [7, 11) is 0. The molecular formula is C24H22N2O. The van der Waals surface area contributed by atoms with Gasteiger partial charge in [0.2, 0.25) is 0 Å². The molecule has 2 heterocycles. The van der Waals surface area contributed by atoms with Gasteiger partial charge < -0.3 is 5.32 Å². The molecule has 3 aromatic rings. The Balaban J connectivity index is 1.78. The van der Waals surface area contributed by atoms with Crippen molar-refractivity contribution in [3.05, 3.63) is 77.6 Å². The smallest absolute Gasteiger partial charge is 0.164 e. The van der Waals surface area contributed by atoms with Crippen molar-refractivity contribution in [2.75, 3.05) is 5.32 Å². The number of ketones is 1. The zero-order chi connectivity index (χ0) is 18.6. The number of nitrogens with one attached hydrogen (secondary N) is 1. The number of carbonyl (C=O) groups excluding carboxylic acids is 1. The number of benzene rings is 2. The molecule has 1 aromatic heterocycles. The first kappa shape index (κ1) is 16.2. The normalized spacial score (nSPS) is 20.8. The summed E-state index contributed by atoms with van der Waals surface area (Å²) in [6, 6.07) is 16.7. The summed E-state index contributed by atoms with van der Waals surface area (Å²) in [5, 5.41) is 6.06. The van der Waals surface area contributed by atoms with Crippen LogP contribution < -0.4 is 5.32 Å². The molecule has 0 amide bonds. The molecule has 1 aliphatic heterocycles. The van der Waals surface area contributed by atoms with Crippen LogP contribution in [-0.2, 0) is 4.79 Å². The Morgan fingerprint density at radius 3 is 2.56 bits per heavy atom. The van der Waals surface area contributed by atoms with E-state index in [1.165, 1.54) is 16.3 Å². The van der Waals surface area contributed by atoms with Crippen molar-refractivity contribution in [1.29, 1.82) is 0 Å². The van der Waals surface area contributed by atoms with Crippen LogP contribution in [-0.4, -0.2) is 10.8 Å². The standard InChI is InChI=1S/C24H22N2O/c1-24(2)12-19-22(21(27)13-24)18-10-15-6-3-4-7-16(15)11-20(18)26-23(19)17-8-5-9-25-14-17/h3-11,14,23,26H,12-13H2,1-2H3/t23-/m1/s1. The maximum absolute atomic E-state index is 13.2. The first-order chi connectivity index (χ1) is 13.0. The number of hydrogen-bond acceptors (Lipinski definition) is 3. The molecule has 0 radical (unpaired) electrons. The molecule has 0 unspecified atom stereocenters. The summed E-state index contributed by atoms with van der Waals surface area (Å²) < 4.78 is 0. The van der Waals surface area contributed by atoms with Gasteiger partial charge in [-0.05, 0) is 51.9 Å². The molecule has 0 bridgehead atoms. The van der Waals surface area contributed by atoms with Gasteiger partial charge in [0.05, 0.1) is 6.04 Å². The van der Waals surface area contributed by atoms with Crippen molar-refractivity contribution in [2.45, 2.75) is 32.7 Å². The lowest BCUT2D eigenvalue weighted by molar-refractivity contribution is -0.116. The molecule has 0 spiro atoms. The van der Waals surface area contributed by atoms with Crippen LogP contribution in [0.15, 0.2) is 66.5 Å². The second-order valence-corrected chi connectivity index (χ2v) is 8.45. The lowest BCUT2D eigenvalue weighted by atomic mass is 9.68. The molecule has 1 N–H and O–H groups in total. The fraction of sp³-hybridized carbons (Fsp3) is 0.250. The van der Waals surface area contributed by atoms with Gasteiger partial charge >= 0.3 is 0 Å².